The van der Waals surface area contributed by atoms with Crippen LogP contribution in [0, 0.1) is 0 Å². The van der Waals surface area contributed by atoms with Crippen LogP contribution in [0.5, 0.6) is 0 Å². The highest BCUT2D eigenvalue weighted by molar-refractivity contribution is 5.18. The van der Waals surface area contributed by atoms with E-state index in [0.29, 0.717) is 5.69 Å². The highest BCUT2D eigenvalue weighted by atomic mass is 19.4. The molecule has 2 atom stereocenters. The van der Waals surface area contributed by atoms with Gasteiger partial charge in [0, 0.05) is 36.6 Å². The minimum atomic E-state index is -4.40. The summed E-state index contributed by atoms with van der Waals surface area (Å²) < 4.78 is 38.1. The van der Waals surface area contributed by atoms with Crippen molar-refractivity contribution in [2.45, 2.75) is 37.9 Å². The van der Waals surface area contributed by atoms with E-state index in [-0.39, 0.29) is 12.0 Å². The van der Waals surface area contributed by atoms with Gasteiger partial charge in [0.05, 0.1) is 0 Å². The van der Waals surface area contributed by atoms with Crippen LogP contribution in [0.4, 0.5) is 13.2 Å². The van der Waals surface area contributed by atoms with Gasteiger partial charge in [-0.15, -0.1) is 0 Å². The van der Waals surface area contributed by atoms with E-state index in [2.05, 4.69) is 27.0 Å². The van der Waals surface area contributed by atoms with Gasteiger partial charge in [-0.25, -0.2) is 0 Å². The molecule has 0 amide bonds. The Morgan fingerprint density at radius 3 is 2.87 bits per heavy atom. The molecule has 0 radical (unpaired) electrons. The topological polar surface area (TPSA) is 44.8 Å². The van der Waals surface area contributed by atoms with Gasteiger partial charge < -0.3 is 0 Å². The van der Waals surface area contributed by atoms with Crippen molar-refractivity contribution in [3.05, 3.63) is 47.5 Å². The quantitative estimate of drug-likeness (QED) is 0.935. The van der Waals surface area contributed by atoms with Crippen LogP contribution in [-0.4, -0.2) is 33.2 Å². The van der Waals surface area contributed by atoms with Crippen molar-refractivity contribution < 1.29 is 13.2 Å². The second-order valence-electron chi connectivity index (χ2n) is 6.00. The number of hydrogen-bond donors (Lipinski definition) is 1. The monoisotopic (exact) mass is 324 g/mol. The normalized spacial score (nSPS) is 21.3. The zero-order chi connectivity index (χ0) is 16.4. The number of aromatic nitrogens is 3. The van der Waals surface area contributed by atoms with Gasteiger partial charge in [0.2, 0.25) is 0 Å². The van der Waals surface area contributed by atoms with Gasteiger partial charge >= 0.3 is 6.18 Å². The number of nitrogens with zero attached hydrogens (tertiary/aromatic N) is 3. The number of nitrogens with one attached hydrogen (secondary N) is 1. The lowest BCUT2D eigenvalue weighted by atomic mass is 9.93. The van der Waals surface area contributed by atoms with Crippen molar-refractivity contribution in [3.8, 4) is 0 Å². The summed E-state index contributed by atoms with van der Waals surface area (Å²) in [5.74, 6) is 0.0477. The molecule has 124 valence electrons. The molecule has 3 rings (SSSR count). The fraction of sp³-hybridized carbons (Fsp3) is 0.500. The Bertz CT molecular complexity index is 638. The van der Waals surface area contributed by atoms with E-state index >= 15 is 0 Å². The SMILES string of the molecule is CC(c1cccnc1)N1CCCC(c2cc(C(F)(F)F)n[nH]2)C1. The van der Waals surface area contributed by atoms with Crippen LogP contribution < -0.4 is 0 Å². The van der Waals surface area contributed by atoms with E-state index in [4.69, 9.17) is 0 Å². The molecule has 0 aliphatic carbocycles. The maximum absolute atomic E-state index is 12.7. The zero-order valence-corrected chi connectivity index (χ0v) is 12.8. The Balaban J connectivity index is 1.72. The highest BCUT2D eigenvalue weighted by Gasteiger charge is 2.35. The lowest BCUT2D eigenvalue weighted by Gasteiger charge is -2.36. The van der Waals surface area contributed by atoms with Crippen LogP contribution in [0.1, 0.15) is 48.7 Å². The highest BCUT2D eigenvalue weighted by Crippen LogP contribution is 2.34. The predicted molar refractivity (Wildman–Crippen MR) is 79.8 cm³/mol. The average Bonchev–Trinajstić information content (AvgIpc) is 3.05. The number of rotatable bonds is 3. The molecule has 2 aromatic rings. The van der Waals surface area contributed by atoms with Crippen molar-refractivity contribution in [2.24, 2.45) is 0 Å². The molecule has 0 saturated carbocycles. The smallest absolute Gasteiger partial charge is 0.296 e. The summed E-state index contributed by atoms with van der Waals surface area (Å²) in [6.45, 7) is 3.76. The van der Waals surface area contributed by atoms with Gasteiger partial charge in [0.15, 0.2) is 5.69 Å². The summed E-state index contributed by atoms with van der Waals surface area (Å²) in [7, 11) is 0. The maximum atomic E-state index is 12.7. The third kappa shape index (κ3) is 3.55. The van der Waals surface area contributed by atoms with Crippen LogP contribution in [-0.2, 0) is 6.18 Å². The zero-order valence-electron chi connectivity index (χ0n) is 12.8. The largest absolute Gasteiger partial charge is 0.435 e. The first-order valence-electron chi connectivity index (χ1n) is 7.71. The van der Waals surface area contributed by atoms with Gasteiger partial charge in [0.25, 0.3) is 0 Å². The van der Waals surface area contributed by atoms with Crippen molar-refractivity contribution >= 4 is 0 Å². The van der Waals surface area contributed by atoms with E-state index < -0.39 is 11.9 Å². The number of hydrogen-bond acceptors (Lipinski definition) is 3. The van der Waals surface area contributed by atoms with Crippen molar-refractivity contribution in [1.29, 1.82) is 0 Å². The fourth-order valence-electron chi connectivity index (χ4n) is 3.14. The van der Waals surface area contributed by atoms with Crippen LogP contribution in [0.25, 0.3) is 0 Å². The Morgan fingerprint density at radius 1 is 1.39 bits per heavy atom. The third-order valence-corrected chi connectivity index (χ3v) is 4.50. The van der Waals surface area contributed by atoms with E-state index in [1.54, 1.807) is 6.20 Å². The molecule has 0 bridgehead atoms. The molecule has 3 heterocycles. The van der Waals surface area contributed by atoms with Crippen LogP contribution in [0.3, 0.4) is 0 Å². The van der Waals surface area contributed by atoms with Crippen LogP contribution >= 0.6 is 0 Å². The molecule has 1 aliphatic rings. The Hall–Kier alpha value is -1.89. The molecule has 1 fully saturated rings. The molecule has 1 aliphatic heterocycles. The number of likely N-dealkylation sites (tertiary alicyclic amines) is 1. The number of pyridine rings is 1. The van der Waals surface area contributed by atoms with Gasteiger partial charge in [0.1, 0.15) is 0 Å². The number of H-pyrrole nitrogens is 1. The summed E-state index contributed by atoms with van der Waals surface area (Å²) in [5, 5.41) is 5.98. The predicted octanol–water partition coefficient (Wildman–Crippen LogP) is 3.76. The van der Waals surface area contributed by atoms with E-state index in [1.807, 2.05) is 18.3 Å². The van der Waals surface area contributed by atoms with Gasteiger partial charge in [-0.1, -0.05) is 6.07 Å². The summed E-state index contributed by atoms with van der Waals surface area (Å²) >= 11 is 0. The van der Waals surface area contributed by atoms with Gasteiger partial charge in [-0.3, -0.25) is 15.0 Å². The lowest BCUT2D eigenvalue weighted by Crippen LogP contribution is -2.36. The number of alkyl halides is 3. The molecule has 1 N–H and O–H groups in total. The maximum Gasteiger partial charge on any atom is 0.435 e. The summed E-state index contributed by atoms with van der Waals surface area (Å²) in [5.41, 5.74) is 0.846. The first-order chi connectivity index (χ1) is 10.9. The molecular weight excluding hydrogens is 305 g/mol. The summed E-state index contributed by atoms with van der Waals surface area (Å²) in [4.78, 5) is 6.43. The van der Waals surface area contributed by atoms with E-state index in [0.717, 1.165) is 37.6 Å². The van der Waals surface area contributed by atoms with Crippen molar-refractivity contribution in [1.82, 2.24) is 20.1 Å². The molecule has 4 nitrogen and oxygen atoms in total. The fourth-order valence-corrected chi connectivity index (χ4v) is 3.14. The lowest BCUT2D eigenvalue weighted by molar-refractivity contribution is -0.141. The number of piperidine rings is 1. The molecule has 1 saturated heterocycles. The number of halogens is 3. The molecule has 0 spiro atoms. The summed E-state index contributed by atoms with van der Waals surface area (Å²) in [6.07, 6.45) is 1.00. The van der Waals surface area contributed by atoms with Crippen molar-refractivity contribution in [3.63, 3.8) is 0 Å². The first kappa shape index (κ1) is 16.0. The number of aromatic amines is 1. The van der Waals surface area contributed by atoms with E-state index in [1.165, 1.54) is 0 Å². The molecule has 23 heavy (non-hydrogen) atoms. The Kier molecular flexibility index (Phi) is 4.39. The average molecular weight is 324 g/mol. The third-order valence-electron chi connectivity index (χ3n) is 4.50. The Morgan fingerprint density at radius 2 is 2.22 bits per heavy atom. The second-order valence-corrected chi connectivity index (χ2v) is 6.00. The Labute approximate surface area is 132 Å². The molecule has 0 aromatic carbocycles. The second kappa shape index (κ2) is 6.31. The molecular formula is C16H19F3N4. The van der Waals surface area contributed by atoms with Crippen LogP contribution in [0.15, 0.2) is 30.6 Å². The van der Waals surface area contributed by atoms with Crippen LogP contribution in [0.2, 0.25) is 0 Å². The summed E-state index contributed by atoms with van der Waals surface area (Å²) in [6, 6.07) is 5.26. The standard InChI is InChI=1S/C16H19F3N4/c1-11(12-4-2-6-20-9-12)23-7-3-5-13(10-23)14-8-15(22-21-14)16(17,18)19/h2,4,6,8-9,11,13H,3,5,7,10H2,1H3,(H,21,22). The van der Waals surface area contributed by atoms with Gasteiger partial charge in [-0.05, 0) is 44.0 Å². The van der Waals surface area contributed by atoms with Crippen molar-refractivity contribution in [2.75, 3.05) is 13.1 Å². The van der Waals surface area contributed by atoms with Gasteiger partial charge in [-0.2, -0.15) is 18.3 Å². The molecule has 7 heteroatoms. The minimum Gasteiger partial charge on any atom is -0.296 e. The molecule has 2 unspecified atom stereocenters. The van der Waals surface area contributed by atoms with E-state index in [9.17, 15) is 13.2 Å². The molecule has 2 aromatic heterocycles. The first-order valence-corrected chi connectivity index (χ1v) is 7.71. The minimum absolute atomic E-state index is 0.0477.